The topological polar surface area (TPSA) is 53.1 Å². The smallest absolute Gasteiger partial charge is 0.196 e. The van der Waals surface area contributed by atoms with E-state index in [4.69, 9.17) is 4.74 Å². The number of fused-ring (bicyclic) bond motifs is 1. The number of carbonyl (C=O) groups excluding carboxylic acids is 2. The van der Waals surface area contributed by atoms with Crippen LogP contribution in [0.3, 0.4) is 0 Å². The van der Waals surface area contributed by atoms with Crippen LogP contribution in [-0.4, -0.2) is 73.8 Å². The second-order valence-electron chi connectivity index (χ2n) is 10.3. The van der Waals surface area contributed by atoms with Crippen molar-refractivity contribution in [1.82, 2.24) is 9.80 Å². The summed E-state index contributed by atoms with van der Waals surface area (Å²) in [5.41, 5.74) is 4.17. The fourth-order valence-corrected chi connectivity index (χ4v) is 6.12. The predicted octanol–water partition coefficient (Wildman–Crippen LogP) is 3.92. The Bertz CT molecular complexity index is 1290. The number of rotatable bonds is 5. The normalized spacial score (nSPS) is 20.3. The van der Waals surface area contributed by atoms with Crippen molar-refractivity contribution in [3.8, 4) is 0 Å². The van der Waals surface area contributed by atoms with Gasteiger partial charge in [-0.05, 0) is 35.7 Å². The monoisotopic (exact) mass is 495 g/mol. The van der Waals surface area contributed by atoms with Crippen LogP contribution in [-0.2, 0) is 16.8 Å². The van der Waals surface area contributed by atoms with E-state index in [0.29, 0.717) is 37.4 Å². The van der Waals surface area contributed by atoms with E-state index in [1.165, 1.54) is 11.1 Å². The van der Waals surface area contributed by atoms with Crippen molar-refractivity contribution in [2.45, 2.75) is 19.0 Å². The lowest BCUT2D eigenvalue weighted by molar-refractivity contribution is 0.0279. The minimum atomic E-state index is -1.32. The van der Waals surface area contributed by atoms with Crippen LogP contribution in [0.4, 0.5) is 5.69 Å². The number of aryl methyl sites for hydroxylation is 1. The molecule has 2 heterocycles. The fourth-order valence-electron chi connectivity index (χ4n) is 6.12. The lowest BCUT2D eigenvalue weighted by atomic mass is 9.82. The Hall–Kier alpha value is -3.32. The third-order valence-corrected chi connectivity index (χ3v) is 8.22. The van der Waals surface area contributed by atoms with Crippen LogP contribution >= 0.6 is 0 Å². The summed E-state index contributed by atoms with van der Waals surface area (Å²) in [5.74, 6) is -0.195. The second-order valence-corrected chi connectivity index (χ2v) is 10.3. The van der Waals surface area contributed by atoms with E-state index in [0.717, 1.165) is 44.0 Å². The van der Waals surface area contributed by atoms with Gasteiger partial charge in [0.05, 0.1) is 13.2 Å². The SMILES string of the molecule is Cc1ccccc1CN1CCN(C2(c3cccc(N4CCOCC4)c3)C(=O)c3ccccc3C2=O)CC1. The number of nitrogens with zero attached hydrogens (tertiary/aromatic N) is 3. The van der Waals surface area contributed by atoms with Gasteiger partial charge in [-0.2, -0.15) is 0 Å². The van der Waals surface area contributed by atoms with Crippen LogP contribution in [0.15, 0.2) is 72.8 Å². The number of hydrogen-bond donors (Lipinski definition) is 0. The standard InChI is InChI=1S/C31H33N3O3/c1-23-7-2-3-8-24(23)22-32-13-15-34(16-14-32)31(29(35)27-11-4-5-12-28(27)30(31)36)25-9-6-10-26(21-25)33-17-19-37-20-18-33/h2-12,21H,13-20,22H2,1H3. The molecule has 2 fully saturated rings. The highest BCUT2D eigenvalue weighted by atomic mass is 16.5. The van der Waals surface area contributed by atoms with E-state index in [1.54, 1.807) is 12.1 Å². The first kappa shape index (κ1) is 24.0. The maximum Gasteiger partial charge on any atom is 0.196 e. The predicted molar refractivity (Wildman–Crippen MR) is 144 cm³/mol. The van der Waals surface area contributed by atoms with E-state index < -0.39 is 5.54 Å². The van der Waals surface area contributed by atoms with E-state index >= 15 is 0 Å². The highest BCUT2D eigenvalue weighted by Gasteiger charge is 2.58. The molecule has 3 aromatic rings. The molecule has 3 aromatic carbocycles. The molecule has 6 rings (SSSR count). The number of benzene rings is 3. The summed E-state index contributed by atoms with van der Waals surface area (Å²) >= 11 is 0. The van der Waals surface area contributed by atoms with E-state index in [2.05, 4.69) is 58.0 Å². The first-order valence-electron chi connectivity index (χ1n) is 13.2. The summed E-state index contributed by atoms with van der Waals surface area (Å²) in [5, 5.41) is 0. The van der Waals surface area contributed by atoms with Crippen LogP contribution in [0.1, 0.15) is 37.4 Å². The zero-order valence-corrected chi connectivity index (χ0v) is 21.4. The average Bonchev–Trinajstić information content (AvgIpc) is 3.18. The van der Waals surface area contributed by atoms with Gasteiger partial charge in [-0.3, -0.25) is 19.4 Å². The number of morpholine rings is 1. The van der Waals surface area contributed by atoms with Gasteiger partial charge >= 0.3 is 0 Å². The van der Waals surface area contributed by atoms with Gasteiger partial charge in [0.1, 0.15) is 0 Å². The average molecular weight is 496 g/mol. The molecule has 0 radical (unpaired) electrons. The Morgan fingerprint density at radius 2 is 1.41 bits per heavy atom. The molecule has 3 aliphatic rings. The van der Waals surface area contributed by atoms with Crippen LogP contribution in [0, 0.1) is 6.92 Å². The van der Waals surface area contributed by atoms with Gasteiger partial charge in [0.25, 0.3) is 0 Å². The number of piperazine rings is 1. The molecule has 0 unspecified atom stereocenters. The molecule has 0 spiro atoms. The second kappa shape index (κ2) is 9.86. The van der Waals surface area contributed by atoms with Gasteiger partial charge in [-0.15, -0.1) is 0 Å². The third-order valence-electron chi connectivity index (χ3n) is 8.22. The molecule has 1 aliphatic carbocycles. The molecule has 0 saturated carbocycles. The van der Waals surface area contributed by atoms with Gasteiger partial charge in [0.2, 0.25) is 0 Å². The maximum absolute atomic E-state index is 14.2. The summed E-state index contributed by atoms with van der Waals surface area (Å²) in [4.78, 5) is 35.3. The summed E-state index contributed by atoms with van der Waals surface area (Å²) in [6, 6.07) is 23.9. The summed E-state index contributed by atoms with van der Waals surface area (Å²) in [6.45, 7) is 8.90. The Balaban J connectivity index is 1.34. The van der Waals surface area contributed by atoms with Crippen molar-refractivity contribution in [3.05, 3.63) is 101 Å². The van der Waals surface area contributed by atoms with Crippen molar-refractivity contribution >= 4 is 17.3 Å². The van der Waals surface area contributed by atoms with Gasteiger partial charge < -0.3 is 9.64 Å². The Morgan fingerprint density at radius 3 is 2.08 bits per heavy atom. The third kappa shape index (κ3) is 4.09. The van der Waals surface area contributed by atoms with Crippen molar-refractivity contribution in [2.24, 2.45) is 0 Å². The number of anilines is 1. The molecule has 6 heteroatoms. The maximum atomic E-state index is 14.2. The molecule has 0 amide bonds. The summed E-state index contributed by atoms with van der Waals surface area (Å²) in [6.07, 6.45) is 0. The molecule has 0 aromatic heterocycles. The van der Waals surface area contributed by atoms with Gasteiger partial charge in [-0.25, -0.2) is 0 Å². The van der Waals surface area contributed by atoms with Crippen molar-refractivity contribution < 1.29 is 14.3 Å². The Kier molecular flexibility index (Phi) is 6.41. The number of ether oxygens (including phenoxy) is 1. The van der Waals surface area contributed by atoms with Crippen molar-refractivity contribution in [1.29, 1.82) is 0 Å². The van der Waals surface area contributed by atoms with Crippen LogP contribution in [0.2, 0.25) is 0 Å². The molecular formula is C31H33N3O3. The molecular weight excluding hydrogens is 462 g/mol. The zero-order chi connectivity index (χ0) is 25.4. The first-order valence-corrected chi connectivity index (χ1v) is 13.2. The molecule has 2 aliphatic heterocycles. The molecule has 0 N–H and O–H groups in total. The summed E-state index contributed by atoms with van der Waals surface area (Å²) < 4.78 is 5.54. The number of hydrogen-bond acceptors (Lipinski definition) is 6. The van der Waals surface area contributed by atoms with Crippen LogP contribution in [0.5, 0.6) is 0 Å². The largest absolute Gasteiger partial charge is 0.378 e. The fraction of sp³-hybridized carbons (Fsp3) is 0.355. The lowest BCUT2D eigenvalue weighted by Gasteiger charge is -2.44. The quantitative estimate of drug-likeness (QED) is 0.500. The summed E-state index contributed by atoms with van der Waals surface area (Å²) in [7, 11) is 0. The van der Waals surface area contributed by atoms with Crippen LogP contribution < -0.4 is 4.90 Å². The van der Waals surface area contributed by atoms with E-state index in [1.807, 2.05) is 24.3 Å². The van der Waals surface area contributed by atoms with Crippen LogP contribution in [0.25, 0.3) is 0 Å². The molecule has 6 nitrogen and oxygen atoms in total. The van der Waals surface area contributed by atoms with Crippen molar-refractivity contribution in [2.75, 3.05) is 57.4 Å². The Labute approximate surface area is 218 Å². The number of ketones is 2. The lowest BCUT2D eigenvalue weighted by Crippen LogP contribution is -2.60. The molecule has 0 atom stereocenters. The van der Waals surface area contributed by atoms with Gasteiger partial charge in [0.15, 0.2) is 17.1 Å². The van der Waals surface area contributed by atoms with Gasteiger partial charge in [-0.1, -0.05) is 60.7 Å². The molecule has 2 saturated heterocycles. The zero-order valence-electron chi connectivity index (χ0n) is 21.4. The van der Waals surface area contributed by atoms with Crippen molar-refractivity contribution in [3.63, 3.8) is 0 Å². The first-order chi connectivity index (χ1) is 18.1. The molecule has 190 valence electrons. The highest BCUT2D eigenvalue weighted by Crippen LogP contribution is 2.44. The highest BCUT2D eigenvalue weighted by molar-refractivity contribution is 6.32. The van der Waals surface area contributed by atoms with E-state index in [9.17, 15) is 9.59 Å². The number of Topliss-reactive ketones (excluding diaryl/α,β-unsaturated/α-hetero) is 2. The van der Waals surface area contributed by atoms with Gasteiger partial charge in [0, 0.05) is 62.6 Å². The van der Waals surface area contributed by atoms with E-state index in [-0.39, 0.29) is 11.6 Å². The molecule has 37 heavy (non-hydrogen) atoms. The number of carbonyl (C=O) groups is 2. The minimum absolute atomic E-state index is 0.0976. The molecule has 0 bridgehead atoms. The Morgan fingerprint density at radius 1 is 0.757 bits per heavy atom. The minimum Gasteiger partial charge on any atom is -0.378 e.